The Hall–Kier alpha value is -1.16. The maximum atomic E-state index is 11.3. The summed E-state index contributed by atoms with van der Waals surface area (Å²) in [6, 6.07) is 16.5. The summed E-state index contributed by atoms with van der Waals surface area (Å²) in [5, 5.41) is 8.43. The molecular formula is C19H19Br2ClN2O3S. The van der Waals surface area contributed by atoms with Gasteiger partial charge in [-0.3, -0.25) is 0 Å². The van der Waals surface area contributed by atoms with E-state index in [1.807, 2.05) is 30.3 Å². The van der Waals surface area contributed by atoms with Crippen molar-refractivity contribution in [3.05, 3.63) is 74.9 Å². The third kappa shape index (κ3) is 6.17. The lowest BCUT2D eigenvalue weighted by Crippen LogP contribution is -2.16. The molecule has 3 aromatic rings. The van der Waals surface area contributed by atoms with Crippen molar-refractivity contribution in [3.8, 4) is 11.3 Å². The van der Waals surface area contributed by atoms with Crippen LogP contribution < -0.4 is 10.5 Å². The molecule has 28 heavy (non-hydrogen) atoms. The number of halogens is 3. The first-order chi connectivity index (χ1) is 12.8. The number of nitrogens with two attached hydrogens (primary N) is 1. The van der Waals surface area contributed by atoms with Crippen molar-refractivity contribution in [1.29, 1.82) is 0 Å². The Balaban J connectivity index is 0.00000280. The molecule has 0 saturated heterocycles. The first-order valence-electron chi connectivity index (χ1n) is 8.19. The fourth-order valence-corrected chi connectivity index (χ4v) is 4.35. The first kappa shape index (κ1) is 23.1. The smallest absolute Gasteiger partial charge is 0.238 e. The van der Waals surface area contributed by atoms with Gasteiger partial charge in [0, 0.05) is 14.5 Å². The third-order valence-corrected chi connectivity index (χ3v) is 6.08. The van der Waals surface area contributed by atoms with Gasteiger partial charge in [-0.2, -0.15) is 0 Å². The molecule has 0 aliphatic rings. The van der Waals surface area contributed by atoms with Crippen molar-refractivity contribution in [3.63, 3.8) is 0 Å². The summed E-state index contributed by atoms with van der Waals surface area (Å²) in [4.78, 5) is 0.126. The summed E-state index contributed by atoms with van der Waals surface area (Å²) >= 11 is 6.99. The van der Waals surface area contributed by atoms with Crippen LogP contribution >= 0.6 is 44.3 Å². The Labute approximate surface area is 187 Å². The fraction of sp³-hybridized carbons (Fsp3) is 0.158. The monoisotopic (exact) mass is 548 g/mol. The molecular weight excluding hydrogens is 532 g/mol. The molecule has 1 heterocycles. The van der Waals surface area contributed by atoms with Gasteiger partial charge in [-0.25, -0.2) is 13.6 Å². The summed E-state index contributed by atoms with van der Waals surface area (Å²) in [5.41, 5.74) is 2.04. The SMILES string of the molecule is Cl.NS(=O)(=O)c1ccc(CCNCc2ccc(-c3ccc(Br)cc3Br)o2)cc1. The molecule has 0 atom stereocenters. The zero-order valence-corrected chi connectivity index (χ0v) is 19.5. The van der Waals surface area contributed by atoms with Gasteiger partial charge in [0.2, 0.25) is 10.0 Å². The van der Waals surface area contributed by atoms with Crippen molar-refractivity contribution in [2.45, 2.75) is 17.9 Å². The fourth-order valence-electron chi connectivity index (χ4n) is 2.60. The van der Waals surface area contributed by atoms with Gasteiger partial charge in [0.15, 0.2) is 0 Å². The minimum absolute atomic E-state index is 0. The number of benzene rings is 2. The molecule has 1 aromatic heterocycles. The molecule has 3 rings (SSSR count). The van der Waals surface area contributed by atoms with Gasteiger partial charge in [-0.15, -0.1) is 12.4 Å². The Bertz CT molecular complexity index is 1040. The summed E-state index contributed by atoms with van der Waals surface area (Å²) < 4.78 is 30.4. The number of hydrogen-bond donors (Lipinski definition) is 2. The molecule has 0 aliphatic carbocycles. The molecule has 3 N–H and O–H groups in total. The molecule has 0 fully saturated rings. The molecule has 0 aliphatic heterocycles. The molecule has 0 amide bonds. The van der Waals surface area contributed by atoms with Gasteiger partial charge in [0.05, 0.1) is 11.4 Å². The number of rotatable bonds is 7. The second kappa shape index (κ2) is 10.0. The first-order valence-corrected chi connectivity index (χ1v) is 11.3. The predicted molar refractivity (Wildman–Crippen MR) is 120 cm³/mol. The highest BCUT2D eigenvalue weighted by Gasteiger charge is 2.09. The maximum absolute atomic E-state index is 11.3. The summed E-state index contributed by atoms with van der Waals surface area (Å²) in [5.74, 6) is 1.66. The summed E-state index contributed by atoms with van der Waals surface area (Å²) in [6.07, 6.45) is 0.775. The van der Waals surface area contributed by atoms with Crippen LogP contribution in [-0.2, 0) is 23.0 Å². The quantitative estimate of drug-likeness (QED) is 0.411. The topological polar surface area (TPSA) is 85.3 Å². The Kier molecular flexibility index (Phi) is 8.30. The zero-order chi connectivity index (χ0) is 19.4. The predicted octanol–water partition coefficient (Wildman–Crippen LogP) is 4.87. The molecule has 150 valence electrons. The van der Waals surface area contributed by atoms with Crippen molar-refractivity contribution >= 4 is 54.3 Å². The zero-order valence-electron chi connectivity index (χ0n) is 14.7. The third-order valence-electron chi connectivity index (χ3n) is 4.00. The molecule has 5 nitrogen and oxygen atoms in total. The summed E-state index contributed by atoms with van der Waals surface area (Å²) in [6.45, 7) is 1.36. The molecule has 0 spiro atoms. The van der Waals surface area contributed by atoms with Crippen LogP contribution in [0.2, 0.25) is 0 Å². The lowest BCUT2D eigenvalue weighted by Gasteiger charge is -2.05. The average Bonchev–Trinajstić information content (AvgIpc) is 3.07. The summed E-state index contributed by atoms with van der Waals surface area (Å²) in [7, 11) is -3.64. The normalized spacial score (nSPS) is 11.2. The number of sulfonamides is 1. The van der Waals surface area contributed by atoms with Crippen LogP contribution in [0.15, 0.2) is 72.9 Å². The van der Waals surface area contributed by atoms with E-state index in [2.05, 4.69) is 37.2 Å². The van der Waals surface area contributed by atoms with Gasteiger partial charge >= 0.3 is 0 Å². The van der Waals surface area contributed by atoms with Gasteiger partial charge < -0.3 is 9.73 Å². The Morgan fingerprint density at radius 2 is 1.71 bits per heavy atom. The van der Waals surface area contributed by atoms with E-state index in [1.54, 1.807) is 12.1 Å². The highest BCUT2D eigenvalue weighted by atomic mass is 79.9. The second-order valence-corrected chi connectivity index (χ2v) is 9.34. The molecule has 0 unspecified atom stereocenters. The number of primary sulfonamides is 1. The van der Waals surface area contributed by atoms with Crippen molar-refractivity contribution in [1.82, 2.24) is 5.32 Å². The van der Waals surface area contributed by atoms with Crippen LogP contribution in [0.1, 0.15) is 11.3 Å². The lowest BCUT2D eigenvalue weighted by atomic mass is 10.1. The average molecular weight is 551 g/mol. The molecule has 0 radical (unpaired) electrons. The van der Waals surface area contributed by atoms with Crippen LogP contribution in [0.25, 0.3) is 11.3 Å². The second-order valence-electron chi connectivity index (χ2n) is 6.01. The van der Waals surface area contributed by atoms with Crippen LogP contribution in [0.5, 0.6) is 0 Å². The van der Waals surface area contributed by atoms with E-state index in [0.29, 0.717) is 6.54 Å². The minimum Gasteiger partial charge on any atom is -0.460 e. The van der Waals surface area contributed by atoms with Gasteiger partial charge in [0.1, 0.15) is 11.5 Å². The van der Waals surface area contributed by atoms with E-state index in [4.69, 9.17) is 9.56 Å². The lowest BCUT2D eigenvalue weighted by molar-refractivity contribution is 0.494. The van der Waals surface area contributed by atoms with Crippen LogP contribution in [-0.4, -0.2) is 15.0 Å². The molecule has 9 heteroatoms. The highest BCUT2D eigenvalue weighted by Crippen LogP contribution is 2.31. The van der Waals surface area contributed by atoms with Crippen molar-refractivity contribution < 1.29 is 12.8 Å². The van der Waals surface area contributed by atoms with Crippen molar-refractivity contribution in [2.24, 2.45) is 5.14 Å². The van der Waals surface area contributed by atoms with Crippen molar-refractivity contribution in [2.75, 3.05) is 6.54 Å². The van der Waals surface area contributed by atoms with Gasteiger partial charge in [-0.1, -0.05) is 28.1 Å². The van der Waals surface area contributed by atoms with Crippen LogP contribution in [0, 0.1) is 0 Å². The number of hydrogen-bond acceptors (Lipinski definition) is 4. The van der Waals surface area contributed by atoms with Crippen LogP contribution in [0.3, 0.4) is 0 Å². The van der Waals surface area contributed by atoms with E-state index < -0.39 is 10.0 Å². The van der Waals surface area contributed by atoms with E-state index >= 15 is 0 Å². The molecule has 0 bridgehead atoms. The largest absolute Gasteiger partial charge is 0.460 e. The van der Waals surface area contributed by atoms with Gasteiger partial charge in [0.25, 0.3) is 0 Å². The van der Waals surface area contributed by atoms with Gasteiger partial charge in [-0.05, 0) is 76.9 Å². The Morgan fingerprint density at radius 1 is 1.00 bits per heavy atom. The standard InChI is InChI=1S/C19H18Br2N2O3S.ClH/c20-14-3-7-17(18(21)11-14)19-8-4-15(26-19)12-23-10-9-13-1-5-16(6-2-13)27(22,24)25;/h1-8,11,23H,9-10,12H2,(H2,22,24,25);1H. The van der Waals surface area contributed by atoms with E-state index in [1.165, 1.54) is 12.1 Å². The number of nitrogens with one attached hydrogen (secondary N) is 1. The van der Waals surface area contributed by atoms with E-state index in [-0.39, 0.29) is 17.3 Å². The maximum Gasteiger partial charge on any atom is 0.238 e. The molecule has 0 saturated carbocycles. The molecule has 2 aromatic carbocycles. The van der Waals surface area contributed by atoms with Crippen LogP contribution in [0.4, 0.5) is 0 Å². The van der Waals surface area contributed by atoms with E-state index in [9.17, 15) is 8.42 Å². The Morgan fingerprint density at radius 3 is 2.36 bits per heavy atom. The minimum atomic E-state index is -3.64. The highest BCUT2D eigenvalue weighted by molar-refractivity contribution is 9.11. The number of furan rings is 1. The van der Waals surface area contributed by atoms with E-state index in [0.717, 1.165) is 44.6 Å².